The number of carbonyl (C=O) groups excluding carboxylic acids is 1. The molecule has 1 aliphatic rings. The molecular formula is C24H27Cl2N3O3S. The van der Waals surface area contributed by atoms with Crippen molar-refractivity contribution in [1.29, 1.82) is 0 Å². The molecular weight excluding hydrogens is 481 g/mol. The van der Waals surface area contributed by atoms with Gasteiger partial charge in [0.2, 0.25) is 5.91 Å². The van der Waals surface area contributed by atoms with Crippen molar-refractivity contribution in [1.82, 2.24) is 5.32 Å². The van der Waals surface area contributed by atoms with Gasteiger partial charge >= 0.3 is 0 Å². The van der Waals surface area contributed by atoms with Crippen molar-refractivity contribution in [2.24, 2.45) is 10.2 Å². The molecule has 1 unspecified atom stereocenters. The fourth-order valence-corrected chi connectivity index (χ4v) is 4.73. The normalized spacial score (nSPS) is 17.0. The molecule has 33 heavy (non-hydrogen) atoms. The molecule has 2 aromatic carbocycles. The summed E-state index contributed by atoms with van der Waals surface area (Å²) in [7, 11) is 1.61. The second-order valence-electron chi connectivity index (χ2n) is 7.47. The van der Waals surface area contributed by atoms with Crippen molar-refractivity contribution in [3.05, 3.63) is 57.6 Å². The molecule has 0 aromatic heterocycles. The number of carbonyl (C=O) groups is 1. The molecule has 1 N–H and O–H groups in total. The Hall–Kier alpha value is -2.22. The number of methoxy groups -OCH3 is 1. The summed E-state index contributed by atoms with van der Waals surface area (Å²) < 4.78 is 11.3. The number of rotatable bonds is 11. The number of thioether (sulfide) groups is 1. The maximum absolute atomic E-state index is 12.3. The van der Waals surface area contributed by atoms with E-state index in [4.69, 9.17) is 32.7 Å². The maximum Gasteiger partial charge on any atom is 0.239 e. The monoisotopic (exact) mass is 507 g/mol. The van der Waals surface area contributed by atoms with Gasteiger partial charge in [0.05, 0.1) is 25.2 Å². The minimum Gasteiger partial charge on any atom is -0.493 e. The minimum absolute atomic E-state index is 0.146. The van der Waals surface area contributed by atoms with E-state index >= 15 is 0 Å². The van der Waals surface area contributed by atoms with Gasteiger partial charge in [0.25, 0.3) is 0 Å². The number of nitrogens with zero attached hydrogens (tertiary/aromatic N) is 2. The quantitative estimate of drug-likeness (QED) is 0.225. The summed E-state index contributed by atoms with van der Waals surface area (Å²) in [4.78, 5) is 12.3. The molecule has 0 radical (unpaired) electrons. The third kappa shape index (κ3) is 7.39. The number of ether oxygens (including phenoxy) is 2. The zero-order valence-corrected chi connectivity index (χ0v) is 21.0. The average Bonchev–Trinajstić information content (AvgIpc) is 3.15. The highest BCUT2D eigenvalue weighted by atomic mass is 35.5. The van der Waals surface area contributed by atoms with Gasteiger partial charge < -0.3 is 14.8 Å². The van der Waals surface area contributed by atoms with E-state index in [1.54, 1.807) is 31.5 Å². The van der Waals surface area contributed by atoms with Crippen LogP contribution in [0.15, 0.2) is 46.6 Å². The Bertz CT molecular complexity index is 1010. The summed E-state index contributed by atoms with van der Waals surface area (Å²) in [6.45, 7) is 2.85. The van der Waals surface area contributed by atoms with Gasteiger partial charge in [-0.05, 0) is 54.3 Å². The Morgan fingerprint density at radius 2 is 1.91 bits per heavy atom. The molecule has 1 aliphatic heterocycles. The van der Waals surface area contributed by atoms with Crippen molar-refractivity contribution in [2.75, 3.05) is 13.7 Å². The van der Waals surface area contributed by atoms with Crippen LogP contribution in [0.25, 0.3) is 0 Å². The second kappa shape index (κ2) is 12.9. The third-order valence-electron chi connectivity index (χ3n) is 5.03. The predicted molar refractivity (Wildman–Crippen MR) is 137 cm³/mol. The molecule has 1 amide bonds. The van der Waals surface area contributed by atoms with Crippen LogP contribution in [0.4, 0.5) is 0 Å². The minimum atomic E-state index is -0.370. The first-order chi connectivity index (χ1) is 16.0. The van der Waals surface area contributed by atoms with Gasteiger partial charge in [-0.2, -0.15) is 5.10 Å². The van der Waals surface area contributed by atoms with Crippen LogP contribution in [0, 0.1) is 0 Å². The number of amidine groups is 1. The molecule has 0 aliphatic carbocycles. The summed E-state index contributed by atoms with van der Waals surface area (Å²) in [5.41, 5.74) is 1.56. The van der Waals surface area contributed by atoms with Crippen LogP contribution < -0.4 is 14.8 Å². The highest BCUT2D eigenvalue weighted by Gasteiger charge is 2.31. The molecule has 6 nitrogen and oxygen atoms in total. The van der Waals surface area contributed by atoms with E-state index in [-0.39, 0.29) is 11.2 Å². The lowest BCUT2D eigenvalue weighted by Crippen LogP contribution is -2.26. The Balaban J connectivity index is 1.58. The van der Waals surface area contributed by atoms with Crippen molar-refractivity contribution in [3.63, 3.8) is 0 Å². The largest absolute Gasteiger partial charge is 0.493 e. The van der Waals surface area contributed by atoms with Crippen molar-refractivity contribution < 1.29 is 14.3 Å². The van der Waals surface area contributed by atoms with Crippen LogP contribution >= 0.6 is 35.0 Å². The van der Waals surface area contributed by atoms with Crippen molar-refractivity contribution >= 4 is 52.3 Å². The number of hydrogen-bond acceptors (Lipinski definition) is 6. The van der Waals surface area contributed by atoms with Crippen LogP contribution in [0.2, 0.25) is 10.0 Å². The lowest BCUT2D eigenvalue weighted by atomic mass is 10.1. The van der Waals surface area contributed by atoms with E-state index in [2.05, 4.69) is 22.4 Å². The molecule has 1 heterocycles. The van der Waals surface area contributed by atoms with Crippen LogP contribution in [-0.2, 0) is 11.2 Å². The van der Waals surface area contributed by atoms with Gasteiger partial charge in [0, 0.05) is 10.0 Å². The first-order valence-electron chi connectivity index (χ1n) is 10.8. The van der Waals surface area contributed by atoms with Crippen LogP contribution in [0.5, 0.6) is 11.5 Å². The van der Waals surface area contributed by atoms with Gasteiger partial charge in [0.1, 0.15) is 0 Å². The molecule has 3 rings (SSSR count). The van der Waals surface area contributed by atoms with Gasteiger partial charge in [-0.15, -0.1) is 5.10 Å². The smallest absolute Gasteiger partial charge is 0.239 e. The van der Waals surface area contributed by atoms with Gasteiger partial charge in [-0.1, -0.05) is 67.2 Å². The number of hydrogen-bond donors (Lipinski definition) is 1. The lowest BCUT2D eigenvalue weighted by Gasteiger charge is -2.11. The molecule has 2 aromatic rings. The van der Waals surface area contributed by atoms with E-state index in [0.29, 0.717) is 39.7 Å². The standard InChI is InChI=1S/C24H27Cl2N3O3S/c1-3-4-5-6-12-32-20-11-10-16(13-21(20)31-2)15-27-29-24-28-23(30)22(33-24)14-17-18(25)8-7-9-19(17)26/h7-11,13,15,22H,3-6,12,14H2,1-2H3,(H,28,29,30). The average molecular weight is 508 g/mol. The summed E-state index contributed by atoms with van der Waals surface area (Å²) in [5, 5.41) is 12.2. The Kier molecular flexibility index (Phi) is 9.91. The summed E-state index contributed by atoms with van der Waals surface area (Å²) >= 11 is 13.8. The number of unbranched alkanes of at least 4 members (excludes halogenated alkanes) is 3. The molecule has 1 saturated heterocycles. The SMILES string of the molecule is CCCCCCOc1ccc(C=NN=C2NC(=O)C(Cc3c(Cl)cccc3Cl)S2)cc1OC. The van der Waals surface area contributed by atoms with E-state index < -0.39 is 0 Å². The van der Waals surface area contributed by atoms with E-state index in [0.717, 1.165) is 24.0 Å². The fraction of sp³-hybridized carbons (Fsp3) is 0.375. The van der Waals surface area contributed by atoms with Crippen molar-refractivity contribution in [3.8, 4) is 11.5 Å². The zero-order chi connectivity index (χ0) is 23.6. The van der Waals surface area contributed by atoms with Crippen LogP contribution in [-0.4, -0.2) is 36.3 Å². The first kappa shape index (κ1) is 25.4. The number of nitrogens with one attached hydrogen (secondary N) is 1. The van der Waals surface area contributed by atoms with Crippen LogP contribution in [0.1, 0.15) is 43.7 Å². The molecule has 176 valence electrons. The molecule has 0 spiro atoms. The number of benzene rings is 2. The first-order valence-corrected chi connectivity index (χ1v) is 12.5. The topological polar surface area (TPSA) is 72.3 Å². The maximum atomic E-state index is 12.3. The molecule has 9 heteroatoms. The van der Waals surface area contributed by atoms with Gasteiger partial charge in [-0.3, -0.25) is 4.79 Å². The number of halogens is 2. The number of amides is 1. The molecule has 1 fully saturated rings. The molecule has 0 saturated carbocycles. The third-order valence-corrected chi connectivity index (χ3v) is 6.81. The van der Waals surface area contributed by atoms with Gasteiger partial charge in [-0.25, -0.2) is 0 Å². The second-order valence-corrected chi connectivity index (χ2v) is 9.48. The Labute approximate surface area is 208 Å². The van der Waals surface area contributed by atoms with E-state index in [1.165, 1.54) is 24.6 Å². The Morgan fingerprint density at radius 1 is 1.12 bits per heavy atom. The van der Waals surface area contributed by atoms with Crippen LogP contribution in [0.3, 0.4) is 0 Å². The Morgan fingerprint density at radius 3 is 2.64 bits per heavy atom. The highest BCUT2D eigenvalue weighted by molar-refractivity contribution is 8.15. The predicted octanol–water partition coefficient (Wildman–Crippen LogP) is 6.13. The molecule has 1 atom stereocenters. The molecule has 0 bridgehead atoms. The highest BCUT2D eigenvalue weighted by Crippen LogP contribution is 2.31. The lowest BCUT2D eigenvalue weighted by molar-refractivity contribution is -0.118. The van der Waals surface area contributed by atoms with Crippen molar-refractivity contribution in [2.45, 2.75) is 44.3 Å². The summed E-state index contributed by atoms with van der Waals surface area (Å²) in [6, 6.07) is 10.9. The van der Waals surface area contributed by atoms with E-state index in [1.807, 2.05) is 18.2 Å². The summed E-state index contributed by atoms with van der Waals surface area (Å²) in [6.07, 6.45) is 6.60. The summed E-state index contributed by atoms with van der Waals surface area (Å²) in [5.74, 6) is 1.20. The zero-order valence-electron chi connectivity index (χ0n) is 18.6. The van der Waals surface area contributed by atoms with E-state index in [9.17, 15) is 4.79 Å². The fourth-order valence-electron chi connectivity index (χ4n) is 3.24. The van der Waals surface area contributed by atoms with Gasteiger partial charge in [0.15, 0.2) is 16.7 Å².